The average Bonchev–Trinajstić information content (AvgIpc) is 3.02. The number of sulfonamides is 1. The third-order valence-electron chi connectivity index (χ3n) is 3.98. The van der Waals surface area contributed by atoms with Crippen LogP contribution < -0.4 is 9.46 Å². The summed E-state index contributed by atoms with van der Waals surface area (Å²) in [7, 11) is -2.08. The van der Waals surface area contributed by atoms with E-state index in [-0.39, 0.29) is 11.4 Å². The Morgan fingerprint density at radius 3 is 2.54 bits per heavy atom. The first-order chi connectivity index (χ1) is 12.5. The smallest absolute Gasteiger partial charge is 0.244 e. The van der Waals surface area contributed by atoms with E-state index < -0.39 is 10.0 Å². The lowest BCUT2D eigenvalue weighted by Crippen LogP contribution is -2.23. The van der Waals surface area contributed by atoms with Crippen LogP contribution >= 0.6 is 0 Å². The quantitative estimate of drug-likeness (QED) is 0.693. The molecule has 0 spiro atoms. The van der Waals surface area contributed by atoms with Crippen LogP contribution in [0.25, 0.3) is 0 Å². The lowest BCUT2D eigenvalue weighted by Gasteiger charge is -2.07. The molecule has 136 valence electrons. The Morgan fingerprint density at radius 2 is 1.81 bits per heavy atom. The maximum atomic E-state index is 12.7. The Kier molecular flexibility index (Phi) is 5.39. The Hall–Kier alpha value is -2.64. The van der Waals surface area contributed by atoms with Gasteiger partial charge in [-0.15, -0.1) is 0 Å². The zero-order valence-corrected chi connectivity index (χ0v) is 15.5. The summed E-state index contributed by atoms with van der Waals surface area (Å²) >= 11 is 0. The van der Waals surface area contributed by atoms with Crippen LogP contribution in [0.5, 0.6) is 5.75 Å². The minimum atomic E-state index is -3.65. The number of nitrogens with zero attached hydrogens (tertiary/aromatic N) is 2. The number of ether oxygens (including phenoxy) is 1. The van der Waals surface area contributed by atoms with Crippen molar-refractivity contribution in [3.05, 3.63) is 77.6 Å². The maximum absolute atomic E-state index is 12.7. The molecule has 0 bridgehead atoms. The van der Waals surface area contributed by atoms with Crippen molar-refractivity contribution in [2.24, 2.45) is 0 Å². The van der Waals surface area contributed by atoms with Gasteiger partial charge in [-0.1, -0.05) is 42.5 Å². The molecule has 1 aromatic heterocycles. The number of benzene rings is 2. The molecule has 1 heterocycles. The summed E-state index contributed by atoms with van der Waals surface area (Å²) in [6, 6.07) is 17.1. The van der Waals surface area contributed by atoms with Crippen LogP contribution in [0.4, 0.5) is 0 Å². The van der Waals surface area contributed by atoms with Crippen molar-refractivity contribution in [3.8, 4) is 5.75 Å². The lowest BCUT2D eigenvalue weighted by atomic mass is 10.2. The second kappa shape index (κ2) is 7.72. The molecule has 0 amide bonds. The number of aryl methyl sites for hydroxylation is 1. The maximum Gasteiger partial charge on any atom is 0.244 e. The first-order valence-corrected chi connectivity index (χ1v) is 9.67. The number of methoxy groups -OCH3 is 1. The molecular weight excluding hydrogens is 350 g/mol. The summed E-state index contributed by atoms with van der Waals surface area (Å²) in [4.78, 5) is 0.191. The van der Waals surface area contributed by atoms with Gasteiger partial charge in [0.25, 0.3) is 0 Å². The molecule has 2 aromatic carbocycles. The summed E-state index contributed by atoms with van der Waals surface area (Å²) in [5, 5.41) is 4.33. The topological polar surface area (TPSA) is 73.2 Å². The highest BCUT2D eigenvalue weighted by atomic mass is 32.2. The fourth-order valence-electron chi connectivity index (χ4n) is 2.65. The Labute approximate surface area is 153 Å². The normalized spacial score (nSPS) is 11.5. The first-order valence-electron chi connectivity index (χ1n) is 8.18. The molecular formula is C19H21N3O3S. The van der Waals surface area contributed by atoms with E-state index in [1.54, 1.807) is 31.0 Å². The van der Waals surface area contributed by atoms with E-state index in [1.165, 1.54) is 0 Å². The van der Waals surface area contributed by atoms with Crippen molar-refractivity contribution in [1.82, 2.24) is 14.5 Å². The van der Waals surface area contributed by atoms with Gasteiger partial charge in [0.2, 0.25) is 10.0 Å². The van der Waals surface area contributed by atoms with Gasteiger partial charge in [-0.05, 0) is 30.2 Å². The molecule has 0 atom stereocenters. The molecule has 3 rings (SSSR count). The monoisotopic (exact) mass is 371 g/mol. The van der Waals surface area contributed by atoms with Gasteiger partial charge < -0.3 is 4.74 Å². The van der Waals surface area contributed by atoms with E-state index >= 15 is 0 Å². The van der Waals surface area contributed by atoms with Crippen molar-refractivity contribution in [1.29, 1.82) is 0 Å². The molecule has 0 radical (unpaired) electrons. The third kappa shape index (κ3) is 4.30. The summed E-state index contributed by atoms with van der Waals surface area (Å²) < 4.78 is 34.7. The molecule has 0 aliphatic rings. The van der Waals surface area contributed by atoms with Gasteiger partial charge in [0.05, 0.1) is 19.3 Å². The van der Waals surface area contributed by atoms with Gasteiger partial charge >= 0.3 is 0 Å². The Balaban J connectivity index is 1.74. The number of hydrogen-bond donors (Lipinski definition) is 1. The van der Waals surface area contributed by atoms with Gasteiger partial charge in [0.15, 0.2) is 0 Å². The van der Waals surface area contributed by atoms with Gasteiger partial charge in [0, 0.05) is 12.7 Å². The molecule has 7 heteroatoms. The van der Waals surface area contributed by atoms with Crippen LogP contribution in [-0.2, 0) is 23.1 Å². The van der Waals surface area contributed by atoms with Crippen molar-refractivity contribution < 1.29 is 13.2 Å². The van der Waals surface area contributed by atoms with Crippen LogP contribution in [0.15, 0.2) is 65.7 Å². The molecule has 1 N–H and O–H groups in total. The highest BCUT2D eigenvalue weighted by molar-refractivity contribution is 7.89. The second-order valence-electron chi connectivity index (χ2n) is 5.94. The third-order valence-corrected chi connectivity index (χ3v) is 5.48. The fraction of sp³-hybridized carbons (Fsp3) is 0.211. The van der Waals surface area contributed by atoms with E-state index in [4.69, 9.17) is 4.74 Å². The van der Waals surface area contributed by atoms with E-state index in [0.29, 0.717) is 18.0 Å². The molecule has 0 unspecified atom stereocenters. The van der Waals surface area contributed by atoms with Crippen LogP contribution in [-0.4, -0.2) is 25.3 Å². The molecule has 0 saturated carbocycles. The fourth-order valence-corrected chi connectivity index (χ4v) is 3.86. The predicted octanol–water partition coefficient (Wildman–Crippen LogP) is 2.73. The molecule has 0 saturated heterocycles. The molecule has 0 fully saturated rings. The molecule has 3 aromatic rings. The predicted molar refractivity (Wildman–Crippen MR) is 99.5 cm³/mol. The van der Waals surface area contributed by atoms with E-state index in [2.05, 4.69) is 9.82 Å². The number of aromatic nitrogens is 2. The second-order valence-corrected chi connectivity index (χ2v) is 7.67. The largest absolute Gasteiger partial charge is 0.497 e. The standard InChI is InChI=1S/C19H21N3O3S/c1-15-19(14-22(21-15)13-16-7-4-3-5-8-16)26(23,24)20-12-17-9-6-10-18(11-17)25-2/h3-11,14,20H,12-13H2,1-2H3. The number of hydrogen-bond acceptors (Lipinski definition) is 4. The van der Waals surface area contributed by atoms with Crippen molar-refractivity contribution in [3.63, 3.8) is 0 Å². The van der Waals surface area contributed by atoms with Crippen LogP contribution in [0, 0.1) is 6.92 Å². The Bertz CT molecular complexity index is 982. The first kappa shape index (κ1) is 18.2. The molecule has 6 nitrogen and oxygen atoms in total. The minimum Gasteiger partial charge on any atom is -0.497 e. The summed E-state index contributed by atoms with van der Waals surface area (Å²) in [6.45, 7) is 2.40. The highest BCUT2D eigenvalue weighted by Crippen LogP contribution is 2.16. The van der Waals surface area contributed by atoms with E-state index in [0.717, 1.165) is 11.1 Å². The number of nitrogens with one attached hydrogen (secondary N) is 1. The Morgan fingerprint density at radius 1 is 1.08 bits per heavy atom. The summed E-state index contributed by atoms with van der Waals surface area (Å²) in [5.41, 5.74) is 2.35. The summed E-state index contributed by atoms with van der Waals surface area (Å²) in [6.07, 6.45) is 1.57. The summed E-state index contributed by atoms with van der Waals surface area (Å²) in [5.74, 6) is 0.688. The van der Waals surface area contributed by atoms with Crippen molar-refractivity contribution >= 4 is 10.0 Å². The minimum absolute atomic E-state index is 0.183. The average molecular weight is 371 g/mol. The van der Waals surface area contributed by atoms with Crippen molar-refractivity contribution in [2.75, 3.05) is 7.11 Å². The molecule has 0 aliphatic carbocycles. The van der Waals surface area contributed by atoms with Crippen LogP contribution in [0.1, 0.15) is 16.8 Å². The van der Waals surface area contributed by atoms with Gasteiger partial charge in [-0.25, -0.2) is 13.1 Å². The molecule has 26 heavy (non-hydrogen) atoms. The van der Waals surface area contributed by atoms with Gasteiger partial charge in [-0.3, -0.25) is 4.68 Å². The van der Waals surface area contributed by atoms with Gasteiger partial charge in [0.1, 0.15) is 10.6 Å². The molecule has 0 aliphatic heterocycles. The lowest BCUT2D eigenvalue weighted by molar-refractivity contribution is 0.414. The number of rotatable bonds is 7. The van der Waals surface area contributed by atoms with Crippen LogP contribution in [0.3, 0.4) is 0 Å². The van der Waals surface area contributed by atoms with Crippen molar-refractivity contribution in [2.45, 2.75) is 24.9 Å². The van der Waals surface area contributed by atoms with E-state index in [9.17, 15) is 8.42 Å². The zero-order valence-electron chi connectivity index (χ0n) is 14.7. The zero-order chi connectivity index (χ0) is 18.6. The highest BCUT2D eigenvalue weighted by Gasteiger charge is 2.20. The SMILES string of the molecule is COc1cccc(CNS(=O)(=O)c2cn(Cc3ccccc3)nc2C)c1. The van der Waals surface area contributed by atoms with E-state index in [1.807, 2.05) is 48.5 Å². The van der Waals surface area contributed by atoms with Crippen LogP contribution in [0.2, 0.25) is 0 Å². The van der Waals surface area contributed by atoms with Gasteiger partial charge in [-0.2, -0.15) is 5.10 Å².